The van der Waals surface area contributed by atoms with Gasteiger partial charge in [-0.2, -0.15) is 10.2 Å². The van der Waals surface area contributed by atoms with Gasteiger partial charge in [-0.3, -0.25) is 34.0 Å². The van der Waals surface area contributed by atoms with Crippen molar-refractivity contribution in [2.45, 2.75) is 6.42 Å². The molecule has 0 aliphatic rings. The average molecular weight is 700 g/mol. The number of amidine groups is 1. The van der Waals surface area contributed by atoms with E-state index in [4.69, 9.17) is 34.3 Å². The van der Waals surface area contributed by atoms with Crippen molar-refractivity contribution in [1.82, 2.24) is 29.4 Å². The SMILES string of the molecule is Cn1cc(NC(=O)c2cc(NC(=O)c3ccc(N(CCCl)CCCl)cc3)nn2C)cc1C(=O)Nc1cc(C(=O)NCCC(=N)N)n(C)n1. The summed E-state index contributed by atoms with van der Waals surface area (Å²) in [6, 6.07) is 11.3. The number of benzene rings is 1. The summed E-state index contributed by atoms with van der Waals surface area (Å²) in [7, 11) is 4.75. The third-order valence-corrected chi connectivity index (χ3v) is 7.43. The van der Waals surface area contributed by atoms with Crippen LogP contribution in [-0.2, 0) is 21.1 Å². The molecule has 0 unspecified atom stereocenters. The number of nitrogens with zero attached hydrogens (tertiary/aromatic N) is 6. The zero-order chi connectivity index (χ0) is 35.0. The maximum atomic E-state index is 13.1. The number of halogens is 2. The molecular formula is C30H36Cl2N12O4. The van der Waals surface area contributed by atoms with Crippen LogP contribution in [0.3, 0.4) is 0 Å². The molecule has 254 valence electrons. The van der Waals surface area contributed by atoms with E-state index in [9.17, 15) is 19.2 Å². The summed E-state index contributed by atoms with van der Waals surface area (Å²) in [5, 5.41) is 26.4. The molecule has 0 saturated carbocycles. The highest BCUT2D eigenvalue weighted by Gasteiger charge is 2.20. The van der Waals surface area contributed by atoms with Crippen molar-refractivity contribution in [3.05, 3.63) is 71.3 Å². The lowest BCUT2D eigenvalue weighted by atomic mass is 10.2. The molecule has 16 nitrogen and oxygen atoms in total. The maximum Gasteiger partial charge on any atom is 0.274 e. The van der Waals surface area contributed by atoms with Gasteiger partial charge >= 0.3 is 0 Å². The van der Waals surface area contributed by atoms with Gasteiger partial charge in [-0.15, -0.1) is 23.2 Å². The van der Waals surface area contributed by atoms with Crippen LogP contribution in [0.25, 0.3) is 0 Å². The van der Waals surface area contributed by atoms with Crippen LogP contribution in [0.4, 0.5) is 23.0 Å². The van der Waals surface area contributed by atoms with Crippen molar-refractivity contribution in [1.29, 1.82) is 5.41 Å². The van der Waals surface area contributed by atoms with Crippen LogP contribution in [0, 0.1) is 5.41 Å². The number of hydrogen-bond acceptors (Lipinski definition) is 8. The van der Waals surface area contributed by atoms with Gasteiger partial charge in [-0.05, 0) is 30.3 Å². The van der Waals surface area contributed by atoms with E-state index in [1.807, 2.05) is 17.0 Å². The first-order valence-corrected chi connectivity index (χ1v) is 15.7. The molecule has 18 heteroatoms. The number of rotatable bonds is 15. The number of alkyl halides is 2. The second-order valence-corrected chi connectivity index (χ2v) is 11.4. The number of carbonyl (C=O) groups excluding carboxylic acids is 4. The predicted molar refractivity (Wildman–Crippen MR) is 185 cm³/mol. The quantitative estimate of drug-likeness (QED) is 0.0616. The Bertz CT molecular complexity index is 1810. The highest BCUT2D eigenvalue weighted by Crippen LogP contribution is 2.19. The number of aryl methyl sites for hydroxylation is 3. The molecule has 3 aromatic heterocycles. The maximum absolute atomic E-state index is 13.1. The molecule has 0 fully saturated rings. The molecule has 3 heterocycles. The molecule has 0 radical (unpaired) electrons. The topological polar surface area (TPSA) is 210 Å². The first-order chi connectivity index (χ1) is 22.9. The largest absolute Gasteiger partial charge is 0.388 e. The Balaban J connectivity index is 1.37. The first-order valence-electron chi connectivity index (χ1n) is 14.7. The molecule has 0 atom stereocenters. The molecule has 0 saturated heterocycles. The van der Waals surface area contributed by atoms with Crippen molar-refractivity contribution in [2.24, 2.45) is 26.9 Å². The van der Waals surface area contributed by atoms with Gasteiger partial charge in [-0.1, -0.05) is 0 Å². The van der Waals surface area contributed by atoms with Crippen molar-refractivity contribution in [3.8, 4) is 0 Å². The normalized spacial score (nSPS) is 10.8. The summed E-state index contributed by atoms with van der Waals surface area (Å²) in [6.07, 6.45) is 1.77. The Morgan fingerprint density at radius 1 is 0.792 bits per heavy atom. The van der Waals surface area contributed by atoms with Crippen LogP contribution in [-0.4, -0.2) is 85.0 Å². The van der Waals surface area contributed by atoms with Crippen LogP contribution >= 0.6 is 23.2 Å². The molecule has 48 heavy (non-hydrogen) atoms. The van der Waals surface area contributed by atoms with E-state index in [2.05, 4.69) is 31.5 Å². The van der Waals surface area contributed by atoms with Crippen molar-refractivity contribution in [3.63, 3.8) is 0 Å². The smallest absolute Gasteiger partial charge is 0.274 e. The minimum Gasteiger partial charge on any atom is -0.388 e. The average Bonchev–Trinajstić information content (AvgIpc) is 3.71. The van der Waals surface area contributed by atoms with Gasteiger partial charge in [0.1, 0.15) is 17.1 Å². The summed E-state index contributed by atoms with van der Waals surface area (Å²) >= 11 is 11.8. The Labute approximate surface area is 286 Å². The number of amides is 4. The molecule has 4 rings (SSSR count). The summed E-state index contributed by atoms with van der Waals surface area (Å²) in [5.41, 5.74) is 7.51. The van der Waals surface area contributed by atoms with Crippen LogP contribution in [0.15, 0.2) is 48.7 Å². The molecule has 0 aliphatic carbocycles. The zero-order valence-corrected chi connectivity index (χ0v) is 28.0. The number of aromatic nitrogens is 5. The minimum absolute atomic E-state index is 0.0480. The third kappa shape index (κ3) is 8.92. The van der Waals surface area contributed by atoms with E-state index in [0.29, 0.717) is 36.1 Å². The lowest BCUT2D eigenvalue weighted by molar-refractivity contribution is 0.0943. The fraction of sp³-hybridized carbons (Fsp3) is 0.300. The number of carbonyl (C=O) groups is 4. The zero-order valence-electron chi connectivity index (χ0n) is 26.5. The Morgan fingerprint density at radius 2 is 1.33 bits per heavy atom. The second kappa shape index (κ2) is 16.0. The van der Waals surface area contributed by atoms with Crippen molar-refractivity contribution >= 4 is 75.7 Å². The van der Waals surface area contributed by atoms with E-state index in [1.165, 1.54) is 32.1 Å². The summed E-state index contributed by atoms with van der Waals surface area (Å²) < 4.78 is 4.17. The van der Waals surface area contributed by atoms with Crippen LogP contribution in [0.1, 0.15) is 48.2 Å². The van der Waals surface area contributed by atoms with E-state index >= 15 is 0 Å². The molecular weight excluding hydrogens is 663 g/mol. The van der Waals surface area contributed by atoms with E-state index in [1.54, 1.807) is 39.5 Å². The summed E-state index contributed by atoms with van der Waals surface area (Å²) in [6.45, 7) is 1.43. The second-order valence-electron chi connectivity index (χ2n) is 10.6. The number of nitrogens with two attached hydrogens (primary N) is 1. The number of nitrogens with one attached hydrogen (secondary N) is 5. The van der Waals surface area contributed by atoms with Crippen LogP contribution in [0.5, 0.6) is 0 Å². The van der Waals surface area contributed by atoms with E-state index in [-0.39, 0.29) is 47.5 Å². The standard InChI is InChI=1S/C30H36Cl2N12O4/c1-41-17-19(14-21(41)29(47)38-26-15-22(42(2)40-26)28(46)35-11-8-24(33)34)36-30(48)23-16-25(39-43(23)3)37-27(45)18-4-6-20(7-5-18)44(12-9-31)13-10-32/h4-7,14-17H,8-13H2,1-3H3,(H3,33,34)(H,35,46)(H,36,48)(H,37,39,45)(H,38,40,47). The Morgan fingerprint density at radius 3 is 1.90 bits per heavy atom. The fourth-order valence-electron chi connectivity index (χ4n) is 4.70. The summed E-state index contributed by atoms with van der Waals surface area (Å²) in [4.78, 5) is 53.5. The van der Waals surface area contributed by atoms with E-state index in [0.717, 1.165) is 5.69 Å². The Kier molecular flexibility index (Phi) is 11.8. The van der Waals surface area contributed by atoms with Crippen LogP contribution in [0.2, 0.25) is 0 Å². The van der Waals surface area contributed by atoms with Crippen molar-refractivity contribution < 1.29 is 19.2 Å². The number of anilines is 4. The van der Waals surface area contributed by atoms with Gasteiger partial charge in [0, 0.05) is 88.5 Å². The summed E-state index contributed by atoms with van der Waals surface area (Å²) in [5.74, 6) is -0.721. The molecule has 1 aromatic carbocycles. The fourth-order valence-corrected chi connectivity index (χ4v) is 5.11. The first kappa shape index (κ1) is 35.5. The molecule has 0 spiro atoms. The molecule has 0 aliphatic heterocycles. The van der Waals surface area contributed by atoms with E-state index < -0.39 is 23.6 Å². The molecule has 0 bridgehead atoms. The van der Waals surface area contributed by atoms with Gasteiger partial charge in [0.05, 0.1) is 11.5 Å². The lowest BCUT2D eigenvalue weighted by Crippen LogP contribution is -2.29. The van der Waals surface area contributed by atoms with Gasteiger partial charge in [0.15, 0.2) is 11.6 Å². The highest BCUT2D eigenvalue weighted by atomic mass is 35.5. The molecule has 7 N–H and O–H groups in total. The van der Waals surface area contributed by atoms with Gasteiger partial charge in [0.2, 0.25) is 0 Å². The van der Waals surface area contributed by atoms with Gasteiger partial charge < -0.3 is 36.5 Å². The number of hydrogen-bond donors (Lipinski definition) is 6. The van der Waals surface area contributed by atoms with Gasteiger partial charge in [0.25, 0.3) is 23.6 Å². The van der Waals surface area contributed by atoms with Crippen molar-refractivity contribution in [2.75, 3.05) is 52.2 Å². The lowest BCUT2D eigenvalue weighted by Gasteiger charge is -2.22. The molecule has 4 aromatic rings. The van der Waals surface area contributed by atoms with Crippen LogP contribution < -0.4 is 31.9 Å². The van der Waals surface area contributed by atoms with Gasteiger partial charge in [-0.25, -0.2) is 0 Å². The Hall–Kier alpha value is -5.35. The third-order valence-electron chi connectivity index (χ3n) is 7.09. The highest BCUT2D eigenvalue weighted by molar-refractivity contribution is 6.18. The molecule has 4 amide bonds. The monoisotopic (exact) mass is 698 g/mol. The minimum atomic E-state index is -0.524. The predicted octanol–water partition coefficient (Wildman–Crippen LogP) is 2.59.